The highest BCUT2D eigenvalue weighted by Crippen LogP contribution is 2.35. The summed E-state index contributed by atoms with van der Waals surface area (Å²) < 4.78 is 28.2. The molecule has 7 nitrogen and oxygen atoms in total. The predicted octanol–water partition coefficient (Wildman–Crippen LogP) is 3.55. The summed E-state index contributed by atoms with van der Waals surface area (Å²) in [6.45, 7) is 7.67. The van der Waals surface area contributed by atoms with E-state index in [1.54, 1.807) is 25.3 Å². The van der Waals surface area contributed by atoms with Gasteiger partial charge >= 0.3 is 0 Å². The maximum absolute atomic E-state index is 13.4. The smallest absolute Gasteiger partial charge is 0.257 e. The lowest BCUT2D eigenvalue weighted by Crippen LogP contribution is -2.36. The molecule has 2 fully saturated rings. The van der Waals surface area contributed by atoms with Gasteiger partial charge in [-0.25, -0.2) is 18.4 Å². The van der Waals surface area contributed by atoms with E-state index in [1.807, 2.05) is 24.8 Å². The second kappa shape index (κ2) is 8.67. The normalized spacial score (nSPS) is 20.2. The summed E-state index contributed by atoms with van der Waals surface area (Å²) in [5, 5.41) is 0. The highest BCUT2D eigenvalue weighted by molar-refractivity contribution is 7.89. The molecule has 31 heavy (non-hydrogen) atoms. The summed E-state index contributed by atoms with van der Waals surface area (Å²) in [5.41, 5.74) is 3.12. The highest BCUT2D eigenvalue weighted by Gasteiger charge is 2.38. The molecule has 3 heterocycles. The standard InChI is InChI=1S/C23H30N4O3S/c1-16-9-10-19(14-17(16)2)31(29,30)27-13-7-8-21(27)22-24-15-20(18(3)25-22)23(28)26-11-5-4-6-12-26/h9-10,14-15,21H,4-8,11-13H2,1-3H3/t21-/m0/s1. The minimum atomic E-state index is -3.65. The molecule has 2 saturated heterocycles. The third kappa shape index (κ3) is 4.23. The van der Waals surface area contributed by atoms with Gasteiger partial charge in [-0.15, -0.1) is 0 Å². The predicted molar refractivity (Wildman–Crippen MR) is 118 cm³/mol. The highest BCUT2D eigenvalue weighted by atomic mass is 32.2. The van der Waals surface area contributed by atoms with E-state index in [9.17, 15) is 13.2 Å². The number of carbonyl (C=O) groups is 1. The molecular weight excluding hydrogens is 412 g/mol. The first-order chi connectivity index (χ1) is 14.8. The van der Waals surface area contributed by atoms with Crippen LogP contribution in [0.15, 0.2) is 29.3 Å². The van der Waals surface area contributed by atoms with Crippen molar-refractivity contribution in [2.24, 2.45) is 0 Å². The molecule has 4 rings (SSSR count). The molecule has 1 aromatic carbocycles. The fourth-order valence-electron chi connectivity index (χ4n) is 4.42. The average Bonchev–Trinajstić information content (AvgIpc) is 3.26. The van der Waals surface area contributed by atoms with Crippen LogP contribution in [0, 0.1) is 20.8 Å². The van der Waals surface area contributed by atoms with Crippen molar-refractivity contribution < 1.29 is 13.2 Å². The Morgan fingerprint density at radius 1 is 1.00 bits per heavy atom. The van der Waals surface area contributed by atoms with Crippen LogP contribution in [0.25, 0.3) is 0 Å². The van der Waals surface area contributed by atoms with Gasteiger partial charge in [0.1, 0.15) is 5.82 Å². The van der Waals surface area contributed by atoms with Crippen molar-refractivity contribution >= 4 is 15.9 Å². The van der Waals surface area contributed by atoms with E-state index in [1.165, 1.54) is 4.31 Å². The molecule has 2 aliphatic heterocycles. The van der Waals surface area contributed by atoms with E-state index in [2.05, 4.69) is 9.97 Å². The Hall–Kier alpha value is -2.32. The number of aryl methyl sites for hydroxylation is 3. The van der Waals surface area contributed by atoms with Crippen LogP contribution in [0.5, 0.6) is 0 Å². The number of amides is 1. The molecule has 0 radical (unpaired) electrons. The van der Waals surface area contributed by atoms with E-state index in [0.29, 0.717) is 34.9 Å². The summed E-state index contributed by atoms with van der Waals surface area (Å²) in [6, 6.07) is 4.82. The number of hydrogen-bond donors (Lipinski definition) is 0. The first-order valence-electron chi connectivity index (χ1n) is 11.0. The largest absolute Gasteiger partial charge is 0.339 e. The average molecular weight is 443 g/mol. The molecule has 0 bridgehead atoms. The molecule has 0 aliphatic carbocycles. The van der Waals surface area contributed by atoms with Crippen molar-refractivity contribution in [3.05, 3.63) is 52.6 Å². The second-order valence-corrected chi connectivity index (χ2v) is 10.5. The van der Waals surface area contributed by atoms with Gasteiger partial charge in [0.15, 0.2) is 0 Å². The molecule has 2 aliphatic rings. The molecule has 8 heteroatoms. The van der Waals surface area contributed by atoms with Gasteiger partial charge in [0.2, 0.25) is 10.0 Å². The Morgan fingerprint density at radius 3 is 2.42 bits per heavy atom. The molecule has 1 atom stereocenters. The number of hydrogen-bond acceptors (Lipinski definition) is 5. The second-order valence-electron chi connectivity index (χ2n) is 8.60. The van der Waals surface area contributed by atoms with Crippen LogP contribution >= 0.6 is 0 Å². The number of benzene rings is 1. The van der Waals surface area contributed by atoms with Gasteiger partial charge in [-0.2, -0.15) is 4.31 Å². The minimum Gasteiger partial charge on any atom is -0.339 e. The van der Waals surface area contributed by atoms with Crippen molar-refractivity contribution in [3.8, 4) is 0 Å². The van der Waals surface area contributed by atoms with E-state index < -0.39 is 16.1 Å². The maximum atomic E-state index is 13.4. The fourth-order valence-corrected chi connectivity index (χ4v) is 6.16. The van der Waals surface area contributed by atoms with E-state index in [-0.39, 0.29) is 5.91 Å². The first kappa shape index (κ1) is 21.9. The van der Waals surface area contributed by atoms with E-state index in [0.717, 1.165) is 49.9 Å². The zero-order valence-electron chi connectivity index (χ0n) is 18.5. The Kier molecular flexibility index (Phi) is 6.12. The molecule has 1 amide bonds. The third-order valence-corrected chi connectivity index (χ3v) is 8.36. The van der Waals surface area contributed by atoms with Gasteiger partial charge in [0.25, 0.3) is 5.91 Å². The molecule has 0 unspecified atom stereocenters. The van der Waals surface area contributed by atoms with Gasteiger partial charge in [-0.3, -0.25) is 4.79 Å². The number of rotatable bonds is 4. The van der Waals surface area contributed by atoms with Crippen molar-refractivity contribution in [2.45, 2.75) is 63.8 Å². The van der Waals surface area contributed by atoms with Crippen LogP contribution in [-0.2, 0) is 10.0 Å². The van der Waals surface area contributed by atoms with Crippen LogP contribution < -0.4 is 0 Å². The molecule has 0 N–H and O–H groups in total. The molecule has 0 saturated carbocycles. The molecule has 166 valence electrons. The zero-order valence-corrected chi connectivity index (χ0v) is 19.3. The SMILES string of the molecule is Cc1ccc(S(=O)(=O)N2CCC[C@H]2c2ncc(C(=O)N3CCCCC3)c(C)n2)cc1C. The van der Waals surface area contributed by atoms with Crippen LogP contribution in [0.4, 0.5) is 0 Å². The summed E-state index contributed by atoms with van der Waals surface area (Å²) >= 11 is 0. The van der Waals surface area contributed by atoms with E-state index >= 15 is 0 Å². The van der Waals surface area contributed by atoms with Crippen molar-refractivity contribution in [1.82, 2.24) is 19.2 Å². The molecule has 2 aromatic rings. The fraction of sp³-hybridized carbons (Fsp3) is 0.522. The number of aromatic nitrogens is 2. The minimum absolute atomic E-state index is 0.0326. The number of likely N-dealkylation sites (tertiary alicyclic amines) is 1. The van der Waals surface area contributed by atoms with Crippen LogP contribution in [0.1, 0.15) is 71.1 Å². The van der Waals surface area contributed by atoms with Crippen LogP contribution in [-0.4, -0.2) is 53.1 Å². The van der Waals surface area contributed by atoms with Gasteiger partial charge in [-0.05, 0) is 76.1 Å². The summed E-state index contributed by atoms with van der Waals surface area (Å²) in [6.07, 6.45) is 6.21. The van der Waals surface area contributed by atoms with Crippen molar-refractivity contribution in [3.63, 3.8) is 0 Å². The summed E-state index contributed by atoms with van der Waals surface area (Å²) in [5.74, 6) is 0.437. The summed E-state index contributed by atoms with van der Waals surface area (Å²) in [4.78, 5) is 24.1. The topological polar surface area (TPSA) is 83.5 Å². The number of carbonyl (C=O) groups excluding carboxylic acids is 1. The Morgan fingerprint density at radius 2 is 1.74 bits per heavy atom. The quantitative estimate of drug-likeness (QED) is 0.723. The van der Waals surface area contributed by atoms with Crippen LogP contribution in [0.3, 0.4) is 0 Å². The van der Waals surface area contributed by atoms with Gasteiger partial charge in [0.05, 0.1) is 22.2 Å². The van der Waals surface area contributed by atoms with E-state index in [4.69, 9.17) is 0 Å². The number of sulfonamides is 1. The number of nitrogens with zero attached hydrogens (tertiary/aromatic N) is 4. The van der Waals surface area contributed by atoms with Gasteiger partial charge < -0.3 is 4.90 Å². The van der Waals surface area contributed by atoms with Crippen molar-refractivity contribution in [1.29, 1.82) is 0 Å². The number of piperidine rings is 1. The monoisotopic (exact) mass is 442 g/mol. The Bertz CT molecular complexity index is 1090. The molecular formula is C23H30N4O3S. The zero-order chi connectivity index (χ0) is 22.2. The maximum Gasteiger partial charge on any atom is 0.257 e. The lowest BCUT2D eigenvalue weighted by molar-refractivity contribution is 0.0722. The lowest BCUT2D eigenvalue weighted by atomic mass is 10.1. The summed E-state index contributed by atoms with van der Waals surface area (Å²) in [7, 11) is -3.65. The third-order valence-electron chi connectivity index (χ3n) is 6.46. The van der Waals surface area contributed by atoms with Crippen molar-refractivity contribution in [2.75, 3.05) is 19.6 Å². The lowest BCUT2D eigenvalue weighted by Gasteiger charge is -2.27. The van der Waals surface area contributed by atoms with Crippen LogP contribution in [0.2, 0.25) is 0 Å². The molecule has 0 spiro atoms. The Balaban J connectivity index is 1.60. The molecule has 1 aromatic heterocycles. The Labute approximate surface area is 184 Å². The van der Waals surface area contributed by atoms with Gasteiger partial charge in [0, 0.05) is 25.8 Å². The van der Waals surface area contributed by atoms with Gasteiger partial charge in [-0.1, -0.05) is 6.07 Å². The first-order valence-corrected chi connectivity index (χ1v) is 12.4.